The Balaban J connectivity index is 1.44. The molecule has 1 atom stereocenters. The number of anilines is 1. The summed E-state index contributed by atoms with van der Waals surface area (Å²) in [5.74, 6) is -0.410. The molecule has 0 bridgehead atoms. The third-order valence-corrected chi connectivity index (χ3v) is 6.39. The minimum atomic E-state index is -4.95. The molecule has 1 amide bonds. The summed E-state index contributed by atoms with van der Waals surface area (Å²) in [6, 6.07) is 16.0. The van der Waals surface area contributed by atoms with E-state index in [2.05, 4.69) is 25.5 Å². The molecule has 3 heterocycles. The topological polar surface area (TPSA) is 133 Å². The molecule has 0 aliphatic heterocycles. The Morgan fingerprint density at radius 3 is 2.52 bits per heavy atom. The number of aromatic nitrogens is 7. The van der Waals surface area contributed by atoms with Crippen molar-refractivity contribution in [2.45, 2.75) is 32.3 Å². The van der Waals surface area contributed by atoms with Crippen molar-refractivity contribution in [1.29, 1.82) is 0 Å². The third-order valence-electron chi connectivity index (χ3n) is 6.14. The molecule has 0 aliphatic rings. The second-order valence-corrected chi connectivity index (χ2v) is 9.64. The van der Waals surface area contributed by atoms with E-state index < -0.39 is 30.4 Å². The van der Waals surface area contributed by atoms with Gasteiger partial charge in [0.15, 0.2) is 17.8 Å². The molecule has 0 fully saturated rings. The molecule has 11 nitrogen and oxygen atoms in total. The van der Waals surface area contributed by atoms with Gasteiger partial charge in [-0.1, -0.05) is 23.7 Å². The van der Waals surface area contributed by atoms with Gasteiger partial charge in [-0.2, -0.15) is 13.2 Å². The standard InChI is InChI=1S/C27H22ClF3N8O3/c1-16-12-19(10-11-32-16)34-25(41)20-4-2-3-5-21(20)39-15-33-23(35-39)14-38-26(42)37(13-22(40)27(29,30)31)24(36-38)17-6-8-18(28)9-7-17/h2-12,15,22,40H,13-14H2,1H3,(H,32,34,41). The van der Waals surface area contributed by atoms with Crippen molar-refractivity contribution in [3.8, 4) is 17.1 Å². The van der Waals surface area contributed by atoms with E-state index in [4.69, 9.17) is 11.6 Å². The lowest BCUT2D eigenvalue weighted by atomic mass is 10.1. The summed E-state index contributed by atoms with van der Waals surface area (Å²) in [4.78, 5) is 34.5. The van der Waals surface area contributed by atoms with Crippen LogP contribution in [-0.4, -0.2) is 57.4 Å². The number of hydrogen-bond donors (Lipinski definition) is 2. The quantitative estimate of drug-likeness (QED) is 0.277. The number of para-hydroxylation sites is 1. The highest BCUT2D eigenvalue weighted by Crippen LogP contribution is 2.24. The number of nitrogens with one attached hydrogen (secondary N) is 1. The van der Waals surface area contributed by atoms with Crippen LogP contribution in [0, 0.1) is 6.92 Å². The van der Waals surface area contributed by atoms with Gasteiger partial charge in [0.2, 0.25) is 0 Å². The largest absolute Gasteiger partial charge is 0.416 e. The number of alkyl halides is 3. The molecule has 5 aromatic rings. The summed E-state index contributed by atoms with van der Waals surface area (Å²) in [5, 5.41) is 21.4. The van der Waals surface area contributed by atoms with Crippen molar-refractivity contribution < 1.29 is 23.1 Å². The van der Waals surface area contributed by atoms with Gasteiger partial charge in [-0.15, -0.1) is 10.2 Å². The molecule has 5 rings (SSSR count). The molecule has 2 aromatic carbocycles. The Bertz CT molecular complexity index is 1800. The number of hydrogen-bond acceptors (Lipinski definition) is 7. The van der Waals surface area contributed by atoms with E-state index in [0.29, 0.717) is 22.0 Å². The van der Waals surface area contributed by atoms with Gasteiger partial charge in [-0.3, -0.25) is 14.3 Å². The van der Waals surface area contributed by atoms with Gasteiger partial charge < -0.3 is 10.4 Å². The first kappa shape index (κ1) is 28.7. The van der Waals surface area contributed by atoms with Crippen LogP contribution >= 0.6 is 11.6 Å². The van der Waals surface area contributed by atoms with Gasteiger partial charge in [0.1, 0.15) is 12.9 Å². The van der Waals surface area contributed by atoms with E-state index in [1.54, 1.807) is 49.5 Å². The molecule has 0 saturated carbocycles. The lowest BCUT2D eigenvalue weighted by molar-refractivity contribution is -0.207. The molecule has 1 unspecified atom stereocenters. The first-order valence-corrected chi connectivity index (χ1v) is 12.8. The highest BCUT2D eigenvalue weighted by atomic mass is 35.5. The number of benzene rings is 2. The smallest absolute Gasteiger partial charge is 0.382 e. The SMILES string of the molecule is Cc1cc(NC(=O)c2ccccc2-n2cnc(Cn3nc(-c4ccc(Cl)cc4)n(CC(O)C(F)(F)F)c3=O)n2)ccn1. The van der Waals surface area contributed by atoms with Crippen molar-refractivity contribution in [2.24, 2.45) is 0 Å². The van der Waals surface area contributed by atoms with Crippen LogP contribution in [0.1, 0.15) is 21.9 Å². The molecule has 0 saturated heterocycles. The number of halogens is 4. The fourth-order valence-corrected chi connectivity index (χ4v) is 4.23. The summed E-state index contributed by atoms with van der Waals surface area (Å²) in [7, 11) is 0. The zero-order valence-electron chi connectivity index (χ0n) is 21.8. The first-order chi connectivity index (χ1) is 20.0. The van der Waals surface area contributed by atoms with Crippen LogP contribution in [-0.2, 0) is 13.1 Å². The fraction of sp³-hybridized carbons (Fsp3) is 0.185. The number of rotatable bonds is 8. The van der Waals surface area contributed by atoms with Gasteiger partial charge in [0.05, 0.1) is 17.8 Å². The van der Waals surface area contributed by atoms with Crippen LogP contribution in [0.5, 0.6) is 0 Å². The Kier molecular flexibility index (Phi) is 7.91. The average molecular weight is 599 g/mol. The highest BCUT2D eigenvalue weighted by Gasteiger charge is 2.39. The maximum absolute atomic E-state index is 13.2. The zero-order chi connectivity index (χ0) is 30.0. The second kappa shape index (κ2) is 11.6. The van der Waals surface area contributed by atoms with E-state index >= 15 is 0 Å². The van der Waals surface area contributed by atoms with Crippen LogP contribution in [0.4, 0.5) is 18.9 Å². The van der Waals surface area contributed by atoms with Gasteiger partial charge >= 0.3 is 11.9 Å². The van der Waals surface area contributed by atoms with E-state index in [0.717, 1.165) is 14.9 Å². The van der Waals surface area contributed by atoms with Gasteiger partial charge in [0.25, 0.3) is 5.91 Å². The van der Waals surface area contributed by atoms with Crippen molar-refractivity contribution >= 4 is 23.2 Å². The minimum Gasteiger partial charge on any atom is -0.382 e. The molecular formula is C27H22ClF3N8O3. The Hall–Kier alpha value is -4.82. The minimum absolute atomic E-state index is 0.0979. The summed E-state index contributed by atoms with van der Waals surface area (Å²) in [6.45, 7) is 0.430. The summed E-state index contributed by atoms with van der Waals surface area (Å²) in [5.41, 5.74) is 1.37. The van der Waals surface area contributed by atoms with Crippen LogP contribution in [0.3, 0.4) is 0 Å². The van der Waals surface area contributed by atoms with E-state index in [1.807, 2.05) is 0 Å². The van der Waals surface area contributed by atoms with Crippen molar-refractivity contribution in [3.05, 3.63) is 106 Å². The lowest BCUT2D eigenvalue weighted by Crippen LogP contribution is -2.37. The van der Waals surface area contributed by atoms with Crippen molar-refractivity contribution in [1.82, 2.24) is 34.1 Å². The van der Waals surface area contributed by atoms with Crippen LogP contribution in [0.2, 0.25) is 5.02 Å². The first-order valence-electron chi connectivity index (χ1n) is 12.4. The Morgan fingerprint density at radius 2 is 1.81 bits per heavy atom. The molecule has 2 N–H and O–H groups in total. The van der Waals surface area contributed by atoms with E-state index in [9.17, 15) is 27.9 Å². The molecular weight excluding hydrogens is 577 g/mol. The number of pyridine rings is 1. The van der Waals surface area contributed by atoms with E-state index in [-0.39, 0.29) is 23.8 Å². The fourth-order valence-electron chi connectivity index (χ4n) is 4.10. The number of aliphatic hydroxyl groups is 1. The monoisotopic (exact) mass is 598 g/mol. The van der Waals surface area contributed by atoms with Gasteiger partial charge in [-0.05, 0) is 55.5 Å². The Labute approximate surface area is 240 Å². The Morgan fingerprint density at radius 1 is 1.07 bits per heavy atom. The molecule has 216 valence electrons. The number of aryl methyl sites for hydroxylation is 1. The second-order valence-electron chi connectivity index (χ2n) is 9.20. The van der Waals surface area contributed by atoms with E-state index in [1.165, 1.54) is 35.3 Å². The third kappa shape index (κ3) is 6.24. The number of aliphatic hydroxyl groups excluding tert-OH is 1. The van der Waals surface area contributed by atoms with Crippen molar-refractivity contribution in [2.75, 3.05) is 5.32 Å². The molecule has 3 aromatic heterocycles. The molecule has 15 heteroatoms. The molecule has 0 aliphatic carbocycles. The summed E-state index contributed by atoms with van der Waals surface area (Å²) >= 11 is 5.93. The average Bonchev–Trinajstić information content (AvgIpc) is 3.53. The van der Waals surface area contributed by atoms with Crippen LogP contribution in [0.15, 0.2) is 78.0 Å². The predicted molar refractivity (Wildman–Crippen MR) is 146 cm³/mol. The predicted octanol–water partition coefficient (Wildman–Crippen LogP) is 3.87. The van der Waals surface area contributed by atoms with Crippen LogP contribution in [0.25, 0.3) is 17.1 Å². The summed E-state index contributed by atoms with van der Waals surface area (Å²) < 4.78 is 42.4. The number of carbonyl (C=O) groups excluding carboxylic acids is 1. The number of carbonyl (C=O) groups is 1. The maximum atomic E-state index is 13.2. The zero-order valence-corrected chi connectivity index (χ0v) is 22.6. The van der Waals surface area contributed by atoms with Gasteiger partial charge in [-0.25, -0.2) is 19.1 Å². The van der Waals surface area contributed by atoms with Crippen LogP contribution < -0.4 is 11.0 Å². The molecule has 0 radical (unpaired) electrons. The molecule has 0 spiro atoms. The number of amides is 1. The van der Waals surface area contributed by atoms with Crippen molar-refractivity contribution in [3.63, 3.8) is 0 Å². The molecule has 42 heavy (non-hydrogen) atoms. The lowest BCUT2D eigenvalue weighted by Gasteiger charge is -2.15. The normalized spacial score (nSPS) is 12.3. The van der Waals surface area contributed by atoms with Gasteiger partial charge in [0, 0.05) is 28.2 Å². The number of nitrogens with zero attached hydrogens (tertiary/aromatic N) is 7. The maximum Gasteiger partial charge on any atom is 0.416 e. The summed E-state index contributed by atoms with van der Waals surface area (Å²) in [6.07, 6.45) is -4.83. The highest BCUT2D eigenvalue weighted by molar-refractivity contribution is 6.30.